The molecule has 12 atom stereocenters. The molecule has 5 heterocycles. The van der Waals surface area contributed by atoms with Crippen LogP contribution in [0.4, 0.5) is 5.69 Å². The van der Waals surface area contributed by atoms with E-state index in [0.29, 0.717) is 39.2 Å². The molecule has 31 heteroatoms. The van der Waals surface area contributed by atoms with E-state index in [-0.39, 0.29) is 44.6 Å². The average molecular weight is 1300 g/mol. The van der Waals surface area contributed by atoms with Crippen molar-refractivity contribution in [2.24, 2.45) is 17.8 Å². The van der Waals surface area contributed by atoms with Gasteiger partial charge < -0.3 is 83.7 Å². The number of aliphatic hydroxyl groups is 3. The van der Waals surface area contributed by atoms with Gasteiger partial charge in [0.2, 0.25) is 65.0 Å². The lowest BCUT2D eigenvalue weighted by atomic mass is 9.93. The number of H-pyrrole nitrogens is 1. The first kappa shape index (κ1) is 70.7. The first-order valence-electron chi connectivity index (χ1n) is 30.5. The number of aromatic amines is 1. The van der Waals surface area contributed by atoms with Crippen molar-refractivity contribution in [2.75, 3.05) is 50.4 Å². The number of hydrogen-bond acceptors (Lipinski definition) is 18. The Bertz CT molecular complexity index is 3290. The first-order chi connectivity index (χ1) is 43.7. The fourth-order valence-electron chi connectivity index (χ4n) is 10.8. The Kier molecular flexibility index (Phi) is 25.0. The van der Waals surface area contributed by atoms with Crippen LogP contribution in [0.2, 0.25) is 0 Å². The van der Waals surface area contributed by atoms with Crippen LogP contribution in [0.25, 0.3) is 10.9 Å². The number of thioether (sulfide) groups is 1. The Balaban J connectivity index is 1.12. The molecule has 4 aliphatic rings. The second kappa shape index (κ2) is 32.5. The fraction of sp³-hybridized carbons (Fsp3) is 0.525. The lowest BCUT2D eigenvalue weighted by Crippen LogP contribution is -2.61. The van der Waals surface area contributed by atoms with Crippen LogP contribution in [-0.4, -0.2) is 213 Å². The number of amides is 13. The SMILES string of the molecule is CC[C@H](C)[C@@H]1NC(=O)CNC(=O)[C@@H]2Cc3c([nH]c4ccccc34)SCC(CN[C@@H](CC(=O)NCc3ccc(NC(=O)[C@H](C)NC(=O)C(NC(=O)CCN4C(=O)C=CC4=O)C(C)C)cc3)C(=O)N3C[C@H](O)C[C@H]3C(=O)N[C@@H]([C@@H](C)[C@@H](O)CO)C(=O)N2)NC(=O)CNC1=O. The van der Waals surface area contributed by atoms with E-state index in [1.165, 1.54) is 25.6 Å². The summed E-state index contributed by atoms with van der Waals surface area (Å²) in [5.41, 5.74) is 1.99. The quantitative estimate of drug-likeness (QED) is 0.0551. The van der Waals surface area contributed by atoms with E-state index >= 15 is 4.79 Å². The van der Waals surface area contributed by atoms with E-state index < -0.39 is 188 Å². The summed E-state index contributed by atoms with van der Waals surface area (Å²) in [6.45, 7) is 6.71. The Morgan fingerprint density at radius 2 is 1.43 bits per heavy atom. The van der Waals surface area contributed by atoms with Crippen molar-refractivity contribution >= 4 is 105 Å². The van der Waals surface area contributed by atoms with Gasteiger partial charge in [0.15, 0.2) is 0 Å². The highest BCUT2D eigenvalue weighted by molar-refractivity contribution is 7.99. The lowest BCUT2D eigenvalue weighted by Gasteiger charge is -2.33. The van der Waals surface area contributed by atoms with Crippen LogP contribution in [0.3, 0.4) is 0 Å². The van der Waals surface area contributed by atoms with E-state index in [2.05, 4.69) is 63.5 Å². The summed E-state index contributed by atoms with van der Waals surface area (Å²) in [5, 5.41) is 63.1. The Hall–Kier alpha value is -8.78. The molecular formula is C61H82N14O16S. The largest absolute Gasteiger partial charge is 0.394 e. The molecule has 13 amide bonds. The molecule has 498 valence electrons. The molecule has 2 bridgehead atoms. The van der Waals surface area contributed by atoms with Crippen molar-refractivity contribution in [2.45, 2.75) is 146 Å². The molecule has 2 unspecified atom stereocenters. The van der Waals surface area contributed by atoms with E-state index in [1.54, 1.807) is 76.2 Å². The zero-order chi connectivity index (χ0) is 67.1. The van der Waals surface area contributed by atoms with E-state index in [1.807, 2.05) is 0 Å². The zero-order valence-electron chi connectivity index (χ0n) is 51.9. The summed E-state index contributed by atoms with van der Waals surface area (Å²) in [6, 6.07) is 3.02. The number of benzene rings is 2. The third kappa shape index (κ3) is 18.7. The van der Waals surface area contributed by atoms with Gasteiger partial charge in [0.1, 0.15) is 36.3 Å². The van der Waals surface area contributed by atoms with Gasteiger partial charge in [-0.05, 0) is 48.1 Å². The summed E-state index contributed by atoms with van der Waals surface area (Å²) in [6.07, 6.45) is -1.69. The number of fused-ring (bicyclic) bond motifs is 5. The zero-order valence-corrected chi connectivity index (χ0v) is 52.7. The van der Waals surface area contributed by atoms with Crippen LogP contribution >= 0.6 is 11.8 Å². The van der Waals surface area contributed by atoms with Crippen LogP contribution < -0.4 is 58.5 Å². The molecule has 0 radical (unpaired) electrons. The molecule has 3 aromatic rings. The predicted molar refractivity (Wildman–Crippen MR) is 332 cm³/mol. The molecule has 2 aromatic carbocycles. The monoisotopic (exact) mass is 1300 g/mol. The second-order valence-corrected chi connectivity index (χ2v) is 24.8. The van der Waals surface area contributed by atoms with Gasteiger partial charge in [-0.25, -0.2) is 0 Å². The molecule has 7 rings (SSSR count). The van der Waals surface area contributed by atoms with Crippen LogP contribution in [0.1, 0.15) is 78.4 Å². The molecule has 0 spiro atoms. The van der Waals surface area contributed by atoms with Crippen LogP contribution in [0, 0.1) is 17.8 Å². The highest BCUT2D eigenvalue weighted by Gasteiger charge is 2.45. The third-order valence-electron chi connectivity index (χ3n) is 16.5. The number of aliphatic hydroxyl groups excluding tert-OH is 3. The molecule has 1 saturated heterocycles. The molecule has 0 aliphatic carbocycles. The molecule has 0 saturated carbocycles. The highest BCUT2D eigenvalue weighted by atomic mass is 32.2. The summed E-state index contributed by atoms with van der Waals surface area (Å²) in [4.78, 5) is 183. The molecule has 15 N–H and O–H groups in total. The summed E-state index contributed by atoms with van der Waals surface area (Å²) in [5.74, 6) is -11.5. The van der Waals surface area contributed by atoms with Crippen LogP contribution in [-0.2, 0) is 75.3 Å². The van der Waals surface area contributed by atoms with Gasteiger partial charge in [0, 0.05) is 85.9 Å². The number of para-hydroxylation sites is 1. The molecule has 4 aliphatic heterocycles. The summed E-state index contributed by atoms with van der Waals surface area (Å²) >= 11 is 1.21. The maximum absolute atomic E-state index is 15.0. The number of nitrogens with one attached hydrogen (secondary N) is 12. The Morgan fingerprint density at radius 3 is 2.11 bits per heavy atom. The standard InChI is InChI=1S/C61H82N14O16S/c1-7-31(4)52-57(88)65-25-47(81)67-36-24-62-42(22-46(80)63-23-34-12-14-35(15-13-34)68-54(85)33(6)66-58(89)51(30(2)3)71-45(79)18-19-74-49(83)16-17-50(74)84)61(91)75-27-37(77)20-43(75)56(87)73-53(32(5)44(78)28-76)59(90)69-41(55(86)64-26-48(82)72-52)21-39-38-10-8-9-11-40(38)70-60(39)92-29-36/h8-17,30-33,36-37,41-44,51-53,62,70,76-78H,7,18-29H2,1-6H3,(H,63,80)(H,64,86)(H,65,88)(H,66,89)(H,67,81)(H,68,85)(H,69,90)(H,71,79)(H,72,82)(H,73,87)/t31-,32-,33-,36?,37+,41-,42-,43-,44-,51?,52-,53-/m0/s1. The van der Waals surface area contributed by atoms with E-state index in [0.717, 1.165) is 22.0 Å². The fourth-order valence-corrected chi connectivity index (χ4v) is 11.9. The van der Waals surface area contributed by atoms with Gasteiger partial charge in [-0.15, -0.1) is 11.8 Å². The molecule has 92 heavy (non-hydrogen) atoms. The maximum atomic E-state index is 15.0. The van der Waals surface area contributed by atoms with Gasteiger partial charge in [0.05, 0.1) is 55.4 Å². The number of carbonyl (C=O) groups is 13. The number of hydrogen-bond donors (Lipinski definition) is 15. The van der Waals surface area contributed by atoms with Crippen molar-refractivity contribution in [3.05, 3.63) is 71.8 Å². The minimum Gasteiger partial charge on any atom is -0.394 e. The van der Waals surface area contributed by atoms with Gasteiger partial charge in [0.25, 0.3) is 11.8 Å². The van der Waals surface area contributed by atoms with Crippen molar-refractivity contribution in [3.63, 3.8) is 0 Å². The molecule has 1 aromatic heterocycles. The van der Waals surface area contributed by atoms with E-state index in [4.69, 9.17) is 0 Å². The molecular weight excluding hydrogens is 1220 g/mol. The average Bonchev–Trinajstić information content (AvgIpc) is 1.65. The van der Waals surface area contributed by atoms with Gasteiger partial charge in [-0.3, -0.25) is 67.2 Å². The minimum absolute atomic E-state index is 0.0391. The van der Waals surface area contributed by atoms with Crippen molar-refractivity contribution in [1.29, 1.82) is 0 Å². The number of aromatic nitrogens is 1. The Morgan fingerprint density at radius 1 is 0.761 bits per heavy atom. The Labute approximate surface area is 534 Å². The topological polar surface area (TPSA) is 437 Å². The molecule has 1 fully saturated rings. The van der Waals surface area contributed by atoms with Gasteiger partial charge >= 0.3 is 0 Å². The number of anilines is 1. The maximum Gasteiger partial charge on any atom is 0.253 e. The number of carbonyl (C=O) groups excluding carboxylic acids is 13. The van der Waals surface area contributed by atoms with Crippen molar-refractivity contribution in [1.82, 2.24) is 68.0 Å². The second-order valence-electron chi connectivity index (χ2n) is 23.7. The number of nitrogens with zero attached hydrogens (tertiary/aromatic N) is 2. The summed E-state index contributed by atoms with van der Waals surface area (Å²) < 4.78 is 0. The number of imide groups is 1. The number of rotatable bonds is 18. The lowest BCUT2D eigenvalue weighted by molar-refractivity contribution is -0.143. The van der Waals surface area contributed by atoms with Gasteiger partial charge in [-0.1, -0.05) is 71.4 Å². The van der Waals surface area contributed by atoms with Gasteiger partial charge in [-0.2, -0.15) is 0 Å². The minimum atomic E-state index is -1.70. The molecule has 30 nitrogen and oxygen atoms in total. The van der Waals surface area contributed by atoms with Crippen LogP contribution in [0.15, 0.2) is 65.7 Å². The summed E-state index contributed by atoms with van der Waals surface area (Å²) in [7, 11) is 0. The normalized spacial score (nSPS) is 23.9. The highest BCUT2D eigenvalue weighted by Crippen LogP contribution is 2.32. The third-order valence-corrected chi connectivity index (χ3v) is 17.7. The first-order valence-corrected chi connectivity index (χ1v) is 31.5. The van der Waals surface area contributed by atoms with Crippen molar-refractivity contribution in [3.8, 4) is 0 Å². The van der Waals surface area contributed by atoms with Crippen molar-refractivity contribution < 1.29 is 77.6 Å². The van der Waals surface area contributed by atoms with E-state index in [9.17, 15) is 72.9 Å². The predicted octanol–water partition coefficient (Wildman–Crippen LogP) is -3.44. The van der Waals surface area contributed by atoms with Crippen LogP contribution in [0.5, 0.6) is 0 Å². The smallest absolute Gasteiger partial charge is 0.253 e.